The molecule has 1 aromatic carbocycles. The minimum atomic E-state index is -5.10. The first-order chi connectivity index (χ1) is 11.6. The Kier molecular flexibility index (Phi) is 5.05. The lowest BCUT2D eigenvalue weighted by atomic mass is 10.1. The van der Waals surface area contributed by atoms with E-state index in [1.165, 1.54) is 32.0 Å². The molecule has 1 aromatic rings. The molecule has 0 fully saturated rings. The second-order valence-electron chi connectivity index (χ2n) is 5.57. The number of ether oxygens (including phenoxy) is 2. The molecule has 1 atom stereocenters. The van der Waals surface area contributed by atoms with E-state index in [0.29, 0.717) is 5.56 Å². The van der Waals surface area contributed by atoms with E-state index in [4.69, 9.17) is 4.74 Å². The van der Waals surface area contributed by atoms with Crippen molar-refractivity contribution in [1.29, 1.82) is 0 Å². The molecule has 25 heavy (non-hydrogen) atoms. The number of carbonyl (C=O) groups is 1. The van der Waals surface area contributed by atoms with Crippen molar-refractivity contribution < 1.29 is 27.4 Å². The van der Waals surface area contributed by atoms with Gasteiger partial charge in [-0.1, -0.05) is 17.7 Å². The number of esters is 1. The van der Waals surface area contributed by atoms with E-state index in [1.54, 1.807) is 25.1 Å². The lowest BCUT2D eigenvalue weighted by Gasteiger charge is -2.32. The third-order valence-electron chi connectivity index (χ3n) is 3.31. The number of nitrogens with zero attached hydrogens (tertiary/aromatic N) is 3. The fourth-order valence-corrected chi connectivity index (χ4v) is 2.10. The summed E-state index contributed by atoms with van der Waals surface area (Å²) < 4.78 is 51.3. The lowest BCUT2D eigenvalue weighted by molar-refractivity contribution is -0.204. The number of aliphatic imine (C=N–C) groups is 2. The van der Waals surface area contributed by atoms with Crippen LogP contribution in [0.15, 0.2) is 34.3 Å². The standard InChI is InChI=1S/C16H18F3N3O3/c1-5-24-13(23)15(16(17,18)19)20-12(25-14(21-15)22(3)4)11-8-6-7-10(2)9-11/h6-9H,5H2,1-4H3/t15-/m1/s1. The molecule has 9 heteroatoms. The van der Waals surface area contributed by atoms with Gasteiger partial charge >= 0.3 is 17.8 Å². The zero-order valence-corrected chi connectivity index (χ0v) is 14.2. The molecule has 6 nitrogen and oxygen atoms in total. The van der Waals surface area contributed by atoms with Crippen LogP contribution >= 0.6 is 0 Å². The van der Waals surface area contributed by atoms with Gasteiger partial charge in [-0.05, 0) is 26.0 Å². The van der Waals surface area contributed by atoms with Crippen LogP contribution < -0.4 is 0 Å². The van der Waals surface area contributed by atoms with Gasteiger partial charge in [0.05, 0.1) is 6.61 Å². The minimum Gasteiger partial charge on any atom is -0.462 e. The molecular weight excluding hydrogens is 339 g/mol. The summed E-state index contributed by atoms with van der Waals surface area (Å²) in [5, 5.41) is 0. The van der Waals surface area contributed by atoms with Crippen molar-refractivity contribution in [1.82, 2.24) is 4.90 Å². The Morgan fingerprint density at radius 3 is 2.52 bits per heavy atom. The Morgan fingerprint density at radius 1 is 1.32 bits per heavy atom. The highest BCUT2D eigenvalue weighted by atomic mass is 19.4. The smallest absolute Gasteiger partial charge is 0.446 e. The van der Waals surface area contributed by atoms with Crippen molar-refractivity contribution in [2.45, 2.75) is 25.7 Å². The molecule has 0 bridgehead atoms. The van der Waals surface area contributed by atoms with E-state index in [1.807, 2.05) is 0 Å². The van der Waals surface area contributed by atoms with Crippen LogP contribution in [-0.2, 0) is 14.3 Å². The van der Waals surface area contributed by atoms with Crippen LogP contribution in [0.3, 0.4) is 0 Å². The second kappa shape index (κ2) is 6.73. The highest BCUT2D eigenvalue weighted by Crippen LogP contribution is 2.39. The zero-order valence-electron chi connectivity index (χ0n) is 14.2. The number of hydrogen-bond acceptors (Lipinski definition) is 6. The molecule has 2 rings (SSSR count). The highest BCUT2D eigenvalue weighted by molar-refractivity contribution is 6.05. The summed E-state index contributed by atoms with van der Waals surface area (Å²) in [6.07, 6.45) is -5.10. The summed E-state index contributed by atoms with van der Waals surface area (Å²) in [6.45, 7) is 2.94. The molecular formula is C16H18F3N3O3. The zero-order chi connectivity index (χ0) is 18.8. The number of aryl methyl sites for hydroxylation is 1. The van der Waals surface area contributed by atoms with Crippen LogP contribution in [0.1, 0.15) is 18.1 Å². The topological polar surface area (TPSA) is 63.5 Å². The average Bonchev–Trinajstić information content (AvgIpc) is 2.53. The normalized spacial score (nSPS) is 20.3. The highest BCUT2D eigenvalue weighted by Gasteiger charge is 2.65. The first-order valence-corrected chi connectivity index (χ1v) is 7.46. The quantitative estimate of drug-likeness (QED) is 0.780. The molecule has 0 aliphatic carbocycles. The molecule has 0 saturated heterocycles. The van der Waals surface area contributed by atoms with Gasteiger partial charge in [-0.15, -0.1) is 0 Å². The molecule has 0 amide bonds. The Labute approximate surface area is 143 Å². The second-order valence-corrected chi connectivity index (χ2v) is 5.57. The number of alkyl halides is 3. The predicted octanol–water partition coefficient (Wildman–Crippen LogP) is 2.51. The third-order valence-corrected chi connectivity index (χ3v) is 3.31. The van der Waals surface area contributed by atoms with Crippen molar-refractivity contribution in [3.05, 3.63) is 35.4 Å². The van der Waals surface area contributed by atoms with Crippen LogP contribution in [0.5, 0.6) is 0 Å². The van der Waals surface area contributed by atoms with Crippen molar-refractivity contribution in [2.75, 3.05) is 20.7 Å². The Balaban J connectivity index is 2.68. The van der Waals surface area contributed by atoms with Crippen LogP contribution in [-0.4, -0.2) is 55.3 Å². The van der Waals surface area contributed by atoms with Gasteiger partial charge in [0.15, 0.2) is 0 Å². The number of carbonyl (C=O) groups excluding carboxylic acids is 1. The molecule has 1 heterocycles. The number of benzene rings is 1. The maximum atomic E-state index is 13.8. The average molecular weight is 357 g/mol. The van der Waals surface area contributed by atoms with Crippen molar-refractivity contribution >= 4 is 17.9 Å². The van der Waals surface area contributed by atoms with Gasteiger partial charge in [0.25, 0.3) is 6.02 Å². The van der Waals surface area contributed by atoms with Gasteiger partial charge in [-0.25, -0.2) is 4.79 Å². The van der Waals surface area contributed by atoms with E-state index >= 15 is 0 Å². The number of rotatable bonds is 3. The third kappa shape index (κ3) is 3.59. The van der Waals surface area contributed by atoms with Gasteiger partial charge in [-0.2, -0.15) is 23.2 Å². The summed E-state index contributed by atoms with van der Waals surface area (Å²) in [4.78, 5) is 20.3. The largest absolute Gasteiger partial charge is 0.462 e. The number of amidine groups is 1. The molecule has 136 valence electrons. The molecule has 0 N–H and O–H groups in total. The summed E-state index contributed by atoms with van der Waals surface area (Å²) in [7, 11) is 2.90. The maximum Gasteiger partial charge on any atom is 0.446 e. The van der Waals surface area contributed by atoms with Gasteiger partial charge in [-0.3, -0.25) is 0 Å². The number of hydrogen-bond donors (Lipinski definition) is 0. The Bertz CT molecular complexity index is 729. The van der Waals surface area contributed by atoms with E-state index < -0.39 is 23.8 Å². The van der Waals surface area contributed by atoms with Crippen LogP contribution in [0.25, 0.3) is 0 Å². The van der Waals surface area contributed by atoms with E-state index in [0.717, 1.165) is 5.56 Å². The fourth-order valence-electron chi connectivity index (χ4n) is 2.10. The van der Waals surface area contributed by atoms with Gasteiger partial charge in [0, 0.05) is 19.7 Å². The van der Waals surface area contributed by atoms with E-state index in [-0.39, 0.29) is 12.5 Å². The molecule has 1 aliphatic rings. The van der Waals surface area contributed by atoms with Crippen molar-refractivity contribution in [2.24, 2.45) is 9.98 Å². The molecule has 0 radical (unpaired) electrons. The van der Waals surface area contributed by atoms with Crippen LogP contribution in [0.2, 0.25) is 0 Å². The van der Waals surface area contributed by atoms with Crippen LogP contribution in [0.4, 0.5) is 13.2 Å². The van der Waals surface area contributed by atoms with Gasteiger partial charge < -0.3 is 14.4 Å². The Hall–Kier alpha value is -2.58. The van der Waals surface area contributed by atoms with E-state index in [2.05, 4.69) is 14.7 Å². The van der Waals surface area contributed by atoms with Crippen molar-refractivity contribution in [3.8, 4) is 0 Å². The van der Waals surface area contributed by atoms with E-state index in [9.17, 15) is 18.0 Å². The van der Waals surface area contributed by atoms with Crippen LogP contribution in [0, 0.1) is 6.92 Å². The number of halogens is 3. The summed E-state index contributed by atoms with van der Waals surface area (Å²) in [6, 6.07) is 6.17. The minimum absolute atomic E-state index is 0.236. The monoisotopic (exact) mass is 357 g/mol. The first-order valence-electron chi connectivity index (χ1n) is 7.46. The molecule has 0 saturated carbocycles. The lowest BCUT2D eigenvalue weighted by Crippen LogP contribution is -2.54. The molecule has 0 aromatic heterocycles. The summed E-state index contributed by atoms with van der Waals surface area (Å²) in [5.41, 5.74) is -2.31. The van der Waals surface area contributed by atoms with Crippen molar-refractivity contribution in [3.63, 3.8) is 0 Å². The Morgan fingerprint density at radius 2 is 2.00 bits per heavy atom. The summed E-state index contributed by atoms with van der Waals surface area (Å²) in [5.74, 6) is -1.96. The van der Waals surface area contributed by atoms with Gasteiger partial charge in [0.2, 0.25) is 5.90 Å². The molecule has 0 spiro atoms. The first kappa shape index (κ1) is 18.8. The van der Waals surface area contributed by atoms with Gasteiger partial charge in [0.1, 0.15) is 0 Å². The molecule has 0 unspecified atom stereocenters. The molecule has 1 aliphatic heterocycles. The predicted molar refractivity (Wildman–Crippen MR) is 85.3 cm³/mol. The maximum absolute atomic E-state index is 13.8. The fraction of sp³-hybridized carbons (Fsp3) is 0.438. The summed E-state index contributed by atoms with van der Waals surface area (Å²) >= 11 is 0. The SMILES string of the molecule is CCOC(=O)[C@@]1(C(F)(F)F)N=C(c2cccc(C)c2)OC(N(C)C)=N1.